The van der Waals surface area contributed by atoms with Crippen LogP contribution in [-0.4, -0.2) is 13.3 Å². The first-order valence-electron chi connectivity index (χ1n) is 7.58. The van der Waals surface area contributed by atoms with Crippen LogP contribution in [0.5, 0.6) is 0 Å². The van der Waals surface area contributed by atoms with Crippen molar-refractivity contribution in [1.82, 2.24) is 0 Å². The minimum absolute atomic E-state index is 0.0148. The van der Waals surface area contributed by atoms with E-state index in [9.17, 15) is 0 Å². The van der Waals surface area contributed by atoms with Crippen LogP contribution in [0.15, 0.2) is 60.7 Å². The van der Waals surface area contributed by atoms with E-state index in [1.54, 1.807) is 0 Å². The summed E-state index contributed by atoms with van der Waals surface area (Å²) in [4.78, 5) is 0. The Hall–Kier alpha value is -1.05. The van der Waals surface area contributed by atoms with Gasteiger partial charge in [-0.05, 0) is 12.8 Å². The molecule has 104 valence electrons. The monoisotopic (exact) mass is 300 g/mol. The number of benzene rings is 2. The van der Waals surface area contributed by atoms with Gasteiger partial charge in [0.2, 0.25) is 0 Å². The Morgan fingerprint density at radius 2 is 1.15 bits per heavy atom. The van der Waals surface area contributed by atoms with Crippen molar-refractivity contribution in [3.05, 3.63) is 60.7 Å². The summed E-state index contributed by atoms with van der Waals surface area (Å²) in [6.45, 7) is 0. The molecule has 0 aliphatic heterocycles. The molecule has 0 amide bonds. The van der Waals surface area contributed by atoms with Gasteiger partial charge in [0.25, 0.3) is 0 Å². The van der Waals surface area contributed by atoms with Crippen molar-refractivity contribution >= 4 is 30.8 Å². The maximum absolute atomic E-state index is 7.17. The number of halogens is 1. The zero-order valence-electron chi connectivity index (χ0n) is 11.8. The molecule has 0 heterocycles. The summed E-state index contributed by atoms with van der Waals surface area (Å²) >= 11 is 7.17. The van der Waals surface area contributed by atoms with Crippen LogP contribution in [0.25, 0.3) is 0 Å². The molecule has 2 heteroatoms. The van der Waals surface area contributed by atoms with Crippen molar-refractivity contribution in [2.75, 3.05) is 0 Å². The summed E-state index contributed by atoms with van der Waals surface area (Å²) in [5.74, 6) is 0. The van der Waals surface area contributed by atoms with Crippen LogP contribution in [0, 0.1) is 0 Å². The van der Waals surface area contributed by atoms with Crippen LogP contribution in [0.2, 0.25) is 0 Å². The van der Waals surface area contributed by atoms with E-state index in [1.165, 1.54) is 42.5 Å². The van der Waals surface area contributed by atoms with Crippen LogP contribution in [-0.2, 0) is 0 Å². The zero-order chi connectivity index (χ0) is 13.8. The Balaban J connectivity index is 2.04. The van der Waals surface area contributed by atoms with Crippen molar-refractivity contribution in [2.24, 2.45) is 0 Å². The van der Waals surface area contributed by atoms with Gasteiger partial charge in [0.1, 0.15) is 8.80 Å². The van der Waals surface area contributed by atoms with Gasteiger partial charge in [-0.25, -0.2) is 0 Å². The van der Waals surface area contributed by atoms with E-state index < -0.39 is 8.80 Å². The highest BCUT2D eigenvalue weighted by Crippen LogP contribution is 2.36. The summed E-state index contributed by atoms with van der Waals surface area (Å²) in [5.41, 5.74) is 0. The summed E-state index contributed by atoms with van der Waals surface area (Å²) < 4.78 is 0.0148. The predicted molar refractivity (Wildman–Crippen MR) is 91.0 cm³/mol. The second kappa shape index (κ2) is 6.15. The molecule has 0 saturated heterocycles. The lowest BCUT2D eigenvalue weighted by Crippen LogP contribution is -2.58. The van der Waals surface area contributed by atoms with Crippen molar-refractivity contribution in [3.63, 3.8) is 0 Å². The molecule has 2 aromatic rings. The molecule has 0 atom stereocenters. The zero-order valence-corrected chi connectivity index (χ0v) is 13.7. The van der Waals surface area contributed by atoms with E-state index in [0.29, 0.717) is 0 Å². The van der Waals surface area contributed by atoms with Gasteiger partial charge in [0, 0.05) is 4.50 Å². The van der Waals surface area contributed by atoms with Crippen LogP contribution >= 0.6 is 11.6 Å². The van der Waals surface area contributed by atoms with E-state index in [0.717, 1.165) is 0 Å². The molecule has 0 spiro atoms. The highest BCUT2D eigenvalue weighted by Gasteiger charge is 2.40. The summed E-state index contributed by atoms with van der Waals surface area (Å²) in [7, 11) is -1.38. The van der Waals surface area contributed by atoms with Gasteiger partial charge in [0.05, 0.1) is 0 Å². The average molecular weight is 301 g/mol. The molecular weight excluding hydrogens is 280 g/mol. The highest BCUT2D eigenvalue weighted by molar-refractivity contribution is 6.92. The Kier molecular flexibility index (Phi) is 4.28. The minimum Gasteiger partial charge on any atom is -0.122 e. The molecule has 1 aliphatic carbocycles. The van der Waals surface area contributed by atoms with Crippen molar-refractivity contribution in [3.8, 4) is 0 Å². The highest BCUT2D eigenvalue weighted by atomic mass is 35.5. The molecule has 20 heavy (non-hydrogen) atoms. The normalized spacial score (nSPS) is 18.1. The maximum atomic E-state index is 7.17. The molecule has 0 unspecified atom stereocenters. The smallest absolute Gasteiger partial charge is 0.122 e. The standard InChI is InChI=1S/C18H21ClSi/c19-18(14-8-3-9-15-18)20(16-10-4-1-5-11-16)17-12-6-2-7-13-17/h1-2,4-7,10-13,20H,3,8-9,14-15H2. The Morgan fingerprint density at radius 1 is 0.700 bits per heavy atom. The molecule has 2 aromatic carbocycles. The van der Waals surface area contributed by atoms with E-state index in [1.807, 2.05) is 0 Å². The largest absolute Gasteiger partial charge is 0.125 e. The van der Waals surface area contributed by atoms with Crippen molar-refractivity contribution in [2.45, 2.75) is 36.6 Å². The summed E-state index contributed by atoms with van der Waals surface area (Å²) in [6, 6.07) is 21.9. The van der Waals surface area contributed by atoms with Gasteiger partial charge >= 0.3 is 0 Å². The molecule has 0 aromatic heterocycles. The quantitative estimate of drug-likeness (QED) is 0.601. The van der Waals surface area contributed by atoms with Gasteiger partial charge in [-0.3, -0.25) is 0 Å². The Labute approximate surface area is 128 Å². The third-order valence-electron chi connectivity index (χ3n) is 4.47. The lowest BCUT2D eigenvalue weighted by Gasteiger charge is -2.38. The Bertz CT molecular complexity index is 492. The molecule has 1 aliphatic rings. The average Bonchev–Trinajstić information content (AvgIpc) is 2.50. The van der Waals surface area contributed by atoms with E-state index in [4.69, 9.17) is 11.6 Å². The second-order valence-corrected chi connectivity index (χ2v) is 10.3. The topological polar surface area (TPSA) is 0 Å². The second-order valence-electron chi connectivity index (χ2n) is 5.85. The lowest BCUT2D eigenvalue weighted by molar-refractivity contribution is 0.473. The van der Waals surface area contributed by atoms with Crippen LogP contribution in [0.3, 0.4) is 0 Å². The molecule has 0 nitrogen and oxygen atoms in total. The Morgan fingerprint density at radius 3 is 1.60 bits per heavy atom. The van der Waals surface area contributed by atoms with Crippen molar-refractivity contribution in [1.29, 1.82) is 0 Å². The van der Waals surface area contributed by atoms with Crippen LogP contribution in [0.4, 0.5) is 0 Å². The van der Waals surface area contributed by atoms with Crippen LogP contribution in [0.1, 0.15) is 32.1 Å². The number of hydrogen-bond donors (Lipinski definition) is 0. The molecule has 1 fully saturated rings. The van der Waals surface area contributed by atoms with E-state index in [2.05, 4.69) is 60.7 Å². The lowest BCUT2D eigenvalue weighted by atomic mass is 9.99. The summed E-state index contributed by atoms with van der Waals surface area (Å²) in [6.07, 6.45) is 6.27. The van der Waals surface area contributed by atoms with Gasteiger partial charge in [0.15, 0.2) is 0 Å². The first kappa shape index (κ1) is 13.9. The van der Waals surface area contributed by atoms with E-state index in [-0.39, 0.29) is 4.50 Å². The number of alkyl halides is 1. The van der Waals surface area contributed by atoms with Gasteiger partial charge < -0.3 is 0 Å². The first-order valence-corrected chi connectivity index (χ1v) is 9.69. The molecule has 1 saturated carbocycles. The summed E-state index contributed by atoms with van der Waals surface area (Å²) in [5, 5.41) is 2.96. The van der Waals surface area contributed by atoms with Gasteiger partial charge in [-0.15, -0.1) is 11.6 Å². The fourth-order valence-electron chi connectivity index (χ4n) is 3.51. The maximum Gasteiger partial charge on any atom is 0.125 e. The van der Waals surface area contributed by atoms with Crippen LogP contribution < -0.4 is 10.4 Å². The van der Waals surface area contributed by atoms with E-state index >= 15 is 0 Å². The fraction of sp³-hybridized carbons (Fsp3) is 0.333. The van der Waals surface area contributed by atoms with Crippen molar-refractivity contribution < 1.29 is 0 Å². The fourth-order valence-corrected chi connectivity index (χ4v) is 8.31. The molecular formula is C18H21ClSi. The van der Waals surface area contributed by atoms with Gasteiger partial charge in [-0.2, -0.15) is 0 Å². The first-order chi connectivity index (χ1) is 9.80. The SMILES string of the molecule is ClC1([SiH](c2ccccc2)c2ccccc2)CCCCC1. The molecule has 0 bridgehead atoms. The third-order valence-corrected chi connectivity index (χ3v) is 9.22. The number of rotatable bonds is 3. The third kappa shape index (κ3) is 2.84. The minimum atomic E-state index is -1.38. The molecule has 0 radical (unpaired) electrons. The molecule has 0 N–H and O–H groups in total. The molecule has 3 rings (SSSR count). The van der Waals surface area contributed by atoms with Gasteiger partial charge in [-0.1, -0.05) is 90.3 Å². The predicted octanol–water partition coefficient (Wildman–Crippen LogP) is 3.51. The number of hydrogen-bond acceptors (Lipinski definition) is 0.